The maximum absolute atomic E-state index is 12.0. The zero-order valence-electron chi connectivity index (χ0n) is 12.5. The Hall–Kier alpha value is -2.41. The normalized spacial score (nSPS) is 16.7. The van der Waals surface area contributed by atoms with Gasteiger partial charge in [-0.1, -0.05) is 12.1 Å². The fourth-order valence-electron chi connectivity index (χ4n) is 2.18. The maximum atomic E-state index is 12.0. The second kappa shape index (κ2) is 6.57. The number of ether oxygens (including phenoxy) is 1. The van der Waals surface area contributed by atoms with Gasteiger partial charge in [-0.15, -0.1) is 0 Å². The van der Waals surface area contributed by atoms with Crippen LogP contribution in [0.1, 0.15) is 18.6 Å². The van der Waals surface area contributed by atoms with Crippen LogP contribution in [-0.2, 0) is 19.1 Å². The second-order valence-electron chi connectivity index (χ2n) is 4.98. The molecule has 2 amide bonds. The molecule has 7 heteroatoms. The summed E-state index contributed by atoms with van der Waals surface area (Å²) in [7, 11) is 1.57. The molecule has 1 heterocycles. The van der Waals surface area contributed by atoms with Gasteiger partial charge in [0, 0.05) is 12.7 Å². The fourth-order valence-corrected chi connectivity index (χ4v) is 2.18. The summed E-state index contributed by atoms with van der Waals surface area (Å²) in [6.45, 7) is 1.76. The maximum Gasteiger partial charge on any atom is 0.339 e. The molecule has 7 nitrogen and oxygen atoms in total. The number of amides is 2. The Balaban J connectivity index is 2.23. The van der Waals surface area contributed by atoms with Gasteiger partial charge in [0.05, 0.1) is 13.2 Å². The number of esters is 1. The lowest BCUT2D eigenvalue weighted by atomic mass is 10.1. The van der Waals surface area contributed by atoms with Crippen LogP contribution in [0.25, 0.3) is 0 Å². The number of likely N-dealkylation sites (N-methyl/N-ethyl adjacent to an activating group) is 1. The quantitative estimate of drug-likeness (QED) is 0.797. The molecule has 22 heavy (non-hydrogen) atoms. The number of carbonyl (C=O) groups excluding carboxylic acids is 3. The summed E-state index contributed by atoms with van der Waals surface area (Å²) in [6.07, 6.45) is -1.42. The molecule has 1 aliphatic rings. The van der Waals surface area contributed by atoms with Crippen molar-refractivity contribution in [1.82, 2.24) is 4.90 Å². The molecule has 0 aromatic heterocycles. The highest BCUT2D eigenvalue weighted by molar-refractivity contribution is 6.04. The first-order valence-corrected chi connectivity index (χ1v) is 6.93. The summed E-state index contributed by atoms with van der Waals surface area (Å²) in [4.78, 5) is 38.1. The zero-order chi connectivity index (χ0) is 16.3. The number of rotatable bonds is 4. The number of nitrogens with zero attached hydrogens (tertiary/aromatic N) is 2. The van der Waals surface area contributed by atoms with E-state index in [0.29, 0.717) is 11.3 Å². The SMILES string of the molecule is CCOC(=O)C(O)c1cccc(N2CC(=O)N(C)CC2=O)c1. The number of benzene rings is 1. The first-order chi connectivity index (χ1) is 10.4. The summed E-state index contributed by atoms with van der Waals surface area (Å²) in [5.74, 6) is -1.14. The van der Waals surface area contributed by atoms with E-state index in [2.05, 4.69) is 0 Å². The minimum Gasteiger partial charge on any atom is -0.464 e. The molecular formula is C15H18N2O5. The van der Waals surface area contributed by atoms with Crippen molar-refractivity contribution in [2.75, 3.05) is 31.6 Å². The molecule has 2 rings (SSSR count). The zero-order valence-corrected chi connectivity index (χ0v) is 12.5. The van der Waals surface area contributed by atoms with E-state index in [1.807, 2.05) is 0 Å². The van der Waals surface area contributed by atoms with Crippen LogP contribution < -0.4 is 4.90 Å². The van der Waals surface area contributed by atoms with Gasteiger partial charge >= 0.3 is 5.97 Å². The Morgan fingerprint density at radius 2 is 2.05 bits per heavy atom. The van der Waals surface area contributed by atoms with Crippen LogP contribution in [0.2, 0.25) is 0 Å². The van der Waals surface area contributed by atoms with Crippen molar-refractivity contribution in [3.8, 4) is 0 Å². The highest BCUT2D eigenvalue weighted by atomic mass is 16.5. The Morgan fingerprint density at radius 1 is 1.32 bits per heavy atom. The van der Waals surface area contributed by atoms with Gasteiger partial charge in [0.25, 0.3) is 0 Å². The number of aliphatic hydroxyl groups excluding tert-OH is 1. The van der Waals surface area contributed by atoms with Crippen molar-refractivity contribution in [3.05, 3.63) is 29.8 Å². The number of anilines is 1. The molecule has 1 fully saturated rings. The molecule has 1 atom stereocenters. The van der Waals surface area contributed by atoms with E-state index in [1.165, 1.54) is 15.9 Å². The van der Waals surface area contributed by atoms with Crippen LogP contribution in [0.15, 0.2) is 24.3 Å². The molecule has 118 valence electrons. The molecule has 1 N–H and O–H groups in total. The monoisotopic (exact) mass is 306 g/mol. The first-order valence-electron chi connectivity index (χ1n) is 6.93. The highest BCUT2D eigenvalue weighted by Gasteiger charge is 2.29. The van der Waals surface area contributed by atoms with Crippen molar-refractivity contribution >= 4 is 23.5 Å². The summed E-state index contributed by atoms with van der Waals surface area (Å²) in [6, 6.07) is 6.34. The standard InChI is InChI=1S/C15H18N2O5/c1-3-22-15(21)14(20)10-5-4-6-11(7-10)17-9-12(18)16(2)8-13(17)19/h4-7,14,20H,3,8-9H2,1-2H3. The highest BCUT2D eigenvalue weighted by Crippen LogP contribution is 2.23. The lowest BCUT2D eigenvalue weighted by molar-refractivity contribution is -0.153. The van der Waals surface area contributed by atoms with Gasteiger partial charge in [-0.3, -0.25) is 9.59 Å². The largest absolute Gasteiger partial charge is 0.464 e. The number of hydrogen-bond acceptors (Lipinski definition) is 5. The molecule has 1 aromatic rings. The fraction of sp³-hybridized carbons (Fsp3) is 0.400. The van der Waals surface area contributed by atoms with Gasteiger partial charge in [0.2, 0.25) is 11.8 Å². The van der Waals surface area contributed by atoms with E-state index >= 15 is 0 Å². The van der Waals surface area contributed by atoms with Gasteiger partial charge in [0.1, 0.15) is 6.54 Å². The minimum atomic E-state index is -1.42. The molecule has 0 aliphatic carbocycles. The molecule has 0 saturated carbocycles. The molecule has 1 aliphatic heterocycles. The number of carbonyl (C=O) groups is 3. The van der Waals surface area contributed by atoms with E-state index < -0.39 is 12.1 Å². The van der Waals surface area contributed by atoms with E-state index in [0.717, 1.165) is 0 Å². The number of piperazine rings is 1. The molecule has 0 radical (unpaired) electrons. The second-order valence-corrected chi connectivity index (χ2v) is 4.98. The molecule has 1 saturated heterocycles. The predicted molar refractivity (Wildman–Crippen MR) is 78.0 cm³/mol. The van der Waals surface area contributed by atoms with E-state index in [-0.39, 0.29) is 31.5 Å². The average Bonchev–Trinajstić information content (AvgIpc) is 2.50. The lowest BCUT2D eigenvalue weighted by Crippen LogP contribution is -2.52. The third kappa shape index (κ3) is 3.25. The predicted octanol–water partition coefficient (Wildman–Crippen LogP) is 0.0881. The van der Waals surface area contributed by atoms with Crippen LogP contribution >= 0.6 is 0 Å². The summed E-state index contributed by atoms with van der Waals surface area (Å²) >= 11 is 0. The molecule has 0 spiro atoms. The van der Waals surface area contributed by atoms with Crippen molar-refractivity contribution in [2.24, 2.45) is 0 Å². The summed E-state index contributed by atoms with van der Waals surface area (Å²) < 4.78 is 4.77. The van der Waals surface area contributed by atoms with E-state index in [9.17, 15) is 19.5 Å². The first kappa shape index (κ1) is 16.0. The number of hydrogen-bond donors (Lipinski definition) is 1. The smallest absolute Gasteiger partial charge is 0.339 e. The van der Waals surface area contributed by atoms with Crippen molar-refractivity contribution in [2.45, 2.75) is 13.0 Å². The topological polar surface area (TPSA) is 87.2 Å². The van der Waals surface area contributed by atoms with Crippen molar-refractivity contribution in [1.29, 1.82) is 0 Å². The summed E-state index contributed by atoms with van der Waals surface area (Å²) in [5, 5.41) is 9.95. The van der Waals surface area contributed by atoms with Crippen LogP contribution in [0.3, 0.4) is 0 Å². The van der Waals surface area contributed by atoms with Gasteiger partial charge in [-0.25, -0.2) is 4.79 Å². The minimum absolute atomic E-state index is 0.00346. The van der Waals surface area contributed by atoms with Crippen LogP contribution in [0, 0.1) is 0 Å². The molecule has 1 aromatic carbocycles. The Morgan fingerprint density at radius 3 is 2.73 bits per heavy atom. The molecule has 0 bridgehead atoms. The average molecular weight is 306 g/mol. The van der Waals surface area contributed by atoms with Crippen LogP contribution in [0.5, 0.6) is 0 Å². The van der Waals surface area contributed by atoms with Gasteiger partial charge < -0.3 is 19.6 Å². The Kier molecular flexibility index (Phi) is 4.77. The third-order valence-corrected chi connectivity index (χ3v) is 3.40. The van der Waals surface area contributed by atoms with Crippen LogP contribution in [-0.4, -0.2) is 54.5 Å². The van der Waals surface area contributed by atoms with Crippen molar-refractivity contribution in [3.63, 3.8) is 0 Å². The molecular weight excluding hydrogens is 288 g/mol. The van der Waals surface area contributed by atoms with E-state index in [4.69, 9.17) is 4.74 Å². The van der Waals surface area contributed by atoms with Crippen molar-refractivity contribution < 1.29 is 24.2 Å². The Bertz CT molecular complexity index is 601. The van der Waals surface area contributed by atoms with E-state index in [1.54, 1.807) is 32.2 Å². The van der Waals surface area contributed by atoms with Gasteiger partial charge in [-0.05, 0) is 24.6 Å². The van der Waals surface area contributed by atoms with Crippen LogP contribution in [0.4, 0.5) is 5.69 Å². The molecule has 1 unspecified atom stereocenters. The Labute approximate surface area is 128 Å². The van der Waals surface area contributed by atoms with Gasteiger partial charge in [0.15, 0.2) is 6.10 Å². The summed E-state index contributed by atoms with van der Waals surface area (Å²) in [5.41, 5.74) is 0.780. The number of aliphatic hydroxyl groups is 1. The third-order valence-electron chi connectivity index (χ3n) is 3.40. The van der Waals surface area contributed by atoms with Gasteiger partial charge in [-0.2, -0.15) is 0 Å². The lowest BCUT2D eigenvalue weighted by Gasteiger charge is -2.31.